The summed E-state index contributed by atoms with van der Waals surface area (Å²) in [5, 5.41) is 3.36. The molecule has 3 nitrogen and oxygen atoms in total. The molecule has 84 valence electrons. The van der Waals surface area contributed by atoms with Gasteiger partial charge in [0.1, 0.15) is 5.82 Å². The van der Waals surface area contributed by atoms with Gasteiger partial charge in [-0.1, -0.05) is 19.8 Å². The van der Waals surface area contributed by atoms with Crippen molar-refractivity contribution in [2.45, 2.75) is 51.5 Å². The van der Waals surface area contributed by atoms with E-state index < -0.39 is 0 Å². The Kier molecular flexibility index (Phi) is 3.78. The maximum absolute atomic E-state index is 4.41. The summed E-state index contributed by atoms with van der Waals surface area (Å²) in [5.41, 5.74) is 1.35. The highest BCUT2D eigenvalue weighted by molar-refractivity contribution is 5.09. The van der Waals surface area contributed by atoms with Gasteiger partial charge in [-0.3, -0.25) is 0 Å². The smallest absolute Gasteiger partial charge is 0.120 e. The van der Waals surface area contributed by atoms with Crippen LogP contribution in [0.25, 0.3) is 0 Å². The molecule has 1 aromatic heterocycles. The average molecular weight is 207 g/mol. The third-order valence-corrected chi connectivity index (χ3v) is 3.16. The molecule has 1 aromatic rings. The van der Waals surface area contributed by atoms with Crippen LogP contribution in [0.2, 0.25) is 0 Å². The SMILES string of the molecule is CCCNCc1ncc(C2CCCC2)[nH]1. The molecular weight excluding hydrogens is 186 g/mol. The van der Waals surface area contributed by atoms with E-state index in [1.807, 2.05) is 6.20 Å². The van der Waals surface area contributed by atoms with Gasteiger partial charge in [0.15, 0.2) is 0 Å². The standard InChI is InChI=1S/C12H21N3/c1-2-7-13-9-12-14-8-11(15-12)10-5-3-4-6-10/h8,10,13H,2-7,9H2,1H3,(H,14,15). The number of aromatic amines is 1. The summed E-state index contributed by atoms with van der Waals surface area (Å²) in [6.45, 7) is 4.12. The van der Waals surface area contributed by atoms with Gasteiger partial charge in [-0.15, -0.1) is 0 Å². The lowest BCUT2D eigenvalue weighted by Gasteiger charge is -2.04. The number of aromatic nitrogens is 2. The van der Waals surface area contributed by atoms with Gasteiger partial charge >= 0.3 is 0 Å². The first-order valence-corrected chi connectivity index (χ1v) is 6.14. The van der Waals surface area contributed by atoms with E-state index in [0.717, 1.165) is 24.8 Å². The zero-order chi connectivity index (χ0) is 10.5. The Hall–Kier alpha value is -0.830. The van der Waals surface area contributed by atoms with Crippen LogP contribution < -0.4 is 5.32 Å². The molecule has 0 aromatic carbocycles. The predicted molar refractivity (Wildman–Crippen MR) is 61.8 cm³/mol. The number of nitrogens with zero attached hydrogens (tertiary/aromatic N) is 1. The minimum Gasteiger partial charge on any atom is -0.345 e. The number of rotatable bonds is 5. The maximum atomic E-state index is 4.41. The van der Waals surface area contributed by atoms with Crippen molar-refractivity contribution in [3.8, 4) is 0 Å². The highest BCUT2D eigenvalue weighted by Crippen LogP contribution is 2.32. The van der Waals surface area contributed by atoms with Crippen molar-refractivity contribution in [2.75, 3.05) is 6.54 Å². The van der Waals surface area contributed by atoms with E-state index in [1.165, 1.54) is 37.8 Å². The van der Waals surface area contributed by atoms with Crippen LogP contribution in [-0.2, 0) is 6.54 Å². The Labute approximate surface area is 91.7 Å². The monoisotopic (exact) mass is 207 g/mol. The van der Waals surface area contributed by atoms with Gasteiger partial charge in [0.25, 0.3) is 0 Å². The number of nitrogens with one attached hydrogen (secondary N) is 2. The van der Waals surface area contributed by atoms with Crippen LogP contribution >= 0.6 is 0 Å². The van der Waals surface area contributed by atoms with E-state index >= 15 is 0 Å². The molecule has 1 aliphatic carbocycles. The van der Waals surface area contributed by atoms with Crippen LogP contribution in [0.1, 0.15) is 56.5 Å². The van der Waals surface area contributed by atoms with Crippen molar-refractivity contribution in [2.24, 2.45) is 0 Å². The van der Waals surface area contributed by atoms with Crippen molar-refractivity contribution in [1.82, 2.24) is 15.3 Å². The quantitative estimate of drug-likeness (QED) is 0.729. The minimum atomic E-state index is 0.748. The van der Waals surface area contributed by atoms with Crippen molar-refractivity contribution >= 4 is 0 Å². The third-order valence-electron chi connectivity index (χ3n) is 3.16. The summed E-state index contributed by atoms with van der Waals surface area (Å²) in [5.74, 6) is 1.84. The molecule has 0 amide bonds. The molecule has 0 atom stereocenters. The number of hydrogen-bond donors (Lipinski definition) is 2. The molecule has 2 rings (SSSR count). The zero-order valence-electron chi connectivity index (χ0n) is 9.55. The van der Waals surface area contributed by atoms with Crippen LogP contribution in [0.5, 0.6) is 0 Å². The van der Waals surface area contributed by atoms with E-state index in [2.05, 4.69) is 22.2 Å². The zero-order valence-corrected chi connectivity index (χ0v) is 9.55. The van der Waals surface area contributed by atoms with Crippen LogP contribution in [0, 0.1) is 0 Å². The van der Waals surface area contributed by atoms with Crippen LogP contribution in [0.4, 0.5) is 0 Å². The van der Waals surface area contributed by atoms with Crippen LogP contribution in [0.15, 0.2) is 6.20 Å². The van der Waals surface area contributed by atoms with Crippen LogP contribution in [-0.4, -0.2) is 16.5 Å². The van der Waals surface area contributed by atoms with E-state index in [1.54, 1.807) is 0 Å². The molecule has 0 unspecified atom stereocenters. The summed E-state index contributed by atoms with van der Waals surface area (Å²) < 4.78 is 0. The van der Waals surface area contributed by atoms with Crippen molar-refractivity contribution in [3.63, 3.8) is 0 Å². The van der Waals surface area contributed by atoms with Crippen molar-refractivity contribution in [1.29, 1.82) is 0 Å². The number of H-pyrrole nitrogens is 1. The Balaban J connectivity index is 1.86. The maximum Gasteiger partial charge on any atom is 0.120 e. The van der Waals surface area contributed by atoms with E-state index in [4.69, 9.17) is 0 Å². The average Bonchev–Trinajstić information content (AvgIpc) is 2.87. The van der Waals surface area contributed by atoms with Crippen molar-refractivity contribution in [3.05, 3.63) is 17.7 Å². The summed E-state index contributed by atoms with van der Waals surface area (Å²) in [4.78, 5) is 7.85. The molecule has 1 fully saturated rings. The molecule has 1 saturated carbocycles. The Morgan fingerprint density at radius 1 is 1.47 bits per heavy atom. The largest absolute Gasteiger partial charge is 0.345 e. The summed E-state index contributed by atoms with van der Waals surface area (Å²) >= 11 is 0. The Morgan fingerprint density at radius 3 is 3.00 bits per heavy atom. The van der Waals surface area contributed by atoms with E-state index in [0.29, 0.717) is 0 Å². The van der Waals surface area contributed by atoms with Gasteiger partial charge < -0.3 is 10.3 Å². The second-order valence-corrected chi connectivity index (χ2v) is 4.44. The second kappa shape index (κ2) is 5.31. The van der Waals surface area contributed by atoms with Crippen molar-refractivity contribution < 1.29 is 0 Å². The molecule has 15 heavy (non-hydrogen) atoms. The third kappa shape index (κ3) is 2.81. The molecule has 1 heterocycles. The van der Waals surface area contributed by atoms with Gasteiger partial charge in [0.2, 0.25) is 0 Å². The van der Waals surface area contributed by atoms with Gasteiger partial charge in [-0.2, -0.15) is 0 Å². The Bertz CT molecular complexity index is 287. The highest BCUT2D eigenvalue weighted by Gasteiger charge is 2.18. The lowest BCUT2D eigenvalue weighted by Crippen LogP contribution is -2.14. The second-order valence-electron chi connectivity index (χ2n) is 4.44. The van der Waals surface area contributed by atoms with Gasteiger partial charge in [0.05, 0.1) is 6.54 Å². The first kappa shape index (κ1) is 10.7. The fraction of sp³-hybridized carbons (Fsp3) is 0.750. The van der Waals surface area contributed by atoms with Gasteiger partial charge in [0, 0.05) is 17.8 Å². The molecule has 1 aliphatic rings. The molecule has 2 N–H and O–H groups in total. The van der Waals surface area contributed by atoms with E-state index in [9.17, 15) is 0 Å². The number of hydrogen-bond acceptors (Lipinski definition) is 2. The van der Waals surface area contributed by atoms with Gasteiger partial charge in [-0.05, 0) is 25.8 Å². The summed E-state index contributed by atoms with van der Waals surface area (Å²) in [6.07, 6.45) is 8.64. The normalized spacial score (nSPS) is 17.4. The molecular formula is C12H21N3. The minimum absolute atomic E-state index is 0.748. The number of imidazole rings is 1. The van der Waals surface area contributed by atoms with E-state index in [-0.39, 0.29) is 0 Å². The molecule has 0 saturated heterocycles. The molecule has 3 heteroatoms. The van der Waals surface area contributed by atoms with Crippen LogP contribution in [0.3, 0.4) is 0 Å². The fourth-order valence-corrected chi connectivity index (χ4v) is 2.30. The topological polar surface area (TPSA) is 40.7 Å². The summed E-state index contributed by atoms with van der Waals surface area (Å²) in [7, 11) is 0. The molecule has 0 radical (unpaired) electrons. The lowest BCUT2D eigenvalue weighted by molar-refractivity contribution is 0.648. The predicted octanol–water partition coefficient (Wildman–Crippen LogP) is 2.57. The molecule has 0 spiro atoms. The Morgan fingerprint density at radius 2 is 2.27 bits per heavy atom. The lowest BCUT2D eigenvalue weighted by atomic mass is 10.1. The fourth-order valence-electron chi connectivity index (χ4n) is 2.30. The highest BCUT2D eigenvalue weighted by atomic mass is 15.0. The van der Waals surface area contributed by atoms with Gasteiger partial charge in [-0.25, -0.2) is 4.98 Å². The molecule has 0 bridgehead atoms. The first-order chi connectivity index (χ1) is 7.40. The first-order valence-electron chi connectivity index (χ1n) is 6.14. The molecule has 0 aliphatic heterocycles. The summed E-state index contributed by atoms with van der Waals surface area (Å²) in [6, 6.07) is 0.